The summed E-state index contributed by atoms with van der Waals surface area (Å²) in [7, 11) is 0. The van der Waals surface area contributed by atoms with Crippen LogP contribution in [-0.4, -0.2) is 28.4 Å². The third-order valence-electron chi connectivity index (χ3n) is 5.92. The molecule has 1 atom stereocenters. The van der Waals surface area contributed by atoms with Crippen molar-refractivity contribution in [2.45, 2.75) is 79.1 Å². The normalized spacial score (nSPS) is 20.2. The molecule has 0 fully saturated rings. The van der Waals surface area contributed by atoms with Crippen LogP contribution in [0.25, 0.3) is 0 Å². The molecule has 0 bridgehead atoms. The molecule has 0 aliphatic carbocycles. The van der Waals surface area contributed by atoms with E-state index in [2.05, 4.69) is 65.8 Å². The van der Waals surface area contributed by atoms with Gasteiger partial charge in [0, 0.05) is 31.0 Å². The van der Waals surface area contributed by atoms with Crippen molar-refractivity contribution in [1.29, 1.82) is 0 Å². The van der Waals surface area contributed by atoms with Gasteiger partial charge < -0.3 is 10.0 Å². The highest BCUT2D eigenvalue weighted by molar-refractivity contribution is 5.81. The van der Waals surface area contributed by atoms with E-state index in [1.807, 2.05) is 6.20 Å². The first kappa shape index (κ1) is 23.2. The van der Waals surface area contributed by atoms with Gasteiger partial charge in [-0.15, -0.1) is 0 Å². The Morgan fingerprint density at radius 2 is 1.83 bits per heavy atom. The lowest BCUT2D eigenvalue weighted by molar-refractivity contribution is -0.138. The van der Waals surface area contributed by atoms with E-state index in [1.54, 1.807) is 4.90 Å². The van der Waals surface area contributed by atoms with Crippen molar-refractivity contribution in [2.75, 3.05) is 6.54 Å². The van der Waals surface area contributed by atoms with Crippen molar-refractivity contribution in [3.8, 4) is 0 Å². The summed E-state index contributed by atoms with van der Waals surface area (Å²) in [6.07, 6.45) is 5.16. The zero-order valence-electron chi connectivity index (χ0n) is 18.9. The predicted molar refractivity (Wildman–Crippen MR) is 118 cm³/mol. The van der Waals surface area contributed by atoms with Gasteiger partial charge >= 0.3 is 5.97 Å². The van der Waals surface area contributed by atoms with Gasteiger partial charge in [0.2, 0.25) is 5.91 Å². The molecule has 0 spiro atoms. The van der Waals surface area contributed by atoms with Crippen LogP contribution < -0.4 is 0 Å². The van der Waals surface area contributed by atoms with Crippen LogP contribution in [0.2, 0.25) is 0 Å². The maximum atomic E-state index is 12.8. The van der Waals surface area contributed by atoms with E-state index < -0.39 is 5.97 Å². The van der Waals surface area contributed by atoms with Crippen LogP contribution in [0.3, 0.4) is 0 Å². The molecule has 1 unspecified atom stereocenters. The number of carbonyl (C=O) groups is 2. The van der Waals surface area contributed by atoms with Gasteiger partial charge in [0.15, 0.2) is 0 Å². The van der Waals surface area contributed by atoms with E-state index in [9.17, 15) is 9.59 Å². The number of aliphatic carboxylic acids is 1. The zero-order chi connectivity index (χ0) is 21.8. The number of carbonyl (C=O) groups excluding carboxylic acids is 1. The van der Waals surface area contributed by atoms with Crippen molar-refractivity contribution in [3.63, 3.8) is 0 Å². The number of nitrogens with zero attached hydrogens (tertiary/aromatic N) is 1. The van der Waals surface area contributed by atoms with Gasteiger partial charge in [-0.3, -0.25) is 9.59 Å². The molecular formula is C25H37NO3. The third-order valence-corrected chi connectivity index (χ3v) is 5.92. The number of carboxylic acid groups (broad SMARTS) is 1. The van der Waals surface area contributed by atoms with Gasteiger partial charge in [-0.05, 0) is 47.3 Å². The van der Waals surface area contributed by atoms with Crippen LogP contribution in [0.5, 0.6) is 0 Å². The van der Waals surface area contributed by atoms with Crippen LogP contribution in [0, 0.1) is 11.3 Å². The fourth-order valence-electron chi connectivity index (χ4n) is 4.09. The molecule has 160 valence electrons. The number of hydrogen-bond donors (Lipinski definition) is 1. The van der Waals surface area contributed by atoms with Crippen molar-refractivity contribution in [2.24, 2.45) is 11.3 Å². The average Bonchev–Trinajstić information content (AvgIpc) is 2.61. The number of aryl methyl sites for hydroxylation is 1. The second kappa shape index (κ2) is 9.15. The van der Waals surface area contributed by atoms with Crippen LogP contribution in [0.1, 0.15) is 78.4 Å². The average molecular weight is 400 g/mol. The summed E-state index contributed by atoms with van der Waals surface area (Å²) < 4.78 is 0. The molecule has 29 heavy (non-hydrogen) atoms. The highest BCUT2D eigenvalue weighted by Gasteiger charge is 2.40. The SMILES string of the molecule is CC(C)C1=CN(CCCC(=O)O)C(=O)CC1(C)c1ccc(CCC(C)(C)C)cc1. The quantitative estimate of drug-likeness (QED) is 0.622. The summed E-state index contributed by atoms with van der Waals surface area (Å²) in [4.78, 5) is 25.4. The van der Waals surface area contributed by atoms with Gasteiger partial charge in [-0.2, -0.15) is 0 Å². The molecule has 2 rings (SSSR count). The van der Waals surface area contributed by atoms with Gasteiger partial charge in [0.1, 0.15) is 0 Å². The second-order valence-corrected chi connectivity index (χ2v) is 10.1. The fraction of sp³-hybridized carbons (Fsp3) is 0.600. The Balaban J connectivity index is 2.23. The summed E-state index contributed by atoms with van der Waals surface area (Å²) in [5.41, 5.74) is 3.74. The van der Waals surface area contributed by atoms with Crippen LogP contribution in [0.4, 0.5) is 0 Å². The molecule has 4 nitrogen and oxygen atoms in total. The number of hydrogen-bond acceptors (Lipinski definition) is 2. The molecule has 1 aromatic rings. The lowest BCUT2D eigenvalue weighted by Gasteiger charge is -2.41. The molecule has 1 aliphatic heterocycles. The molecule has 0 saturated heterocycles. The number of rotatable bonds is 8. The smallest absolute Gasteiger partial charge is 0.303 e. The minimum Gasteiger partial charge on any atom is -0.481 e. The number of allylic oxidation sites excluding steroid dienone is 1. The van der Waals surface area contributed by atoms with Crippen LogP contribution in [0.15, 0.2) is 36.0 Å². The zero-order valence-corrected chi connectivity index (χ0v) is 18.9. The molecule has 0 saturated carbocycles. The Kier molecular flexibility index (Phi) is 7.31. The predicted octanol–water partition coefficient (Wildman–Crippen LogP) is 5.56. The van der Waals surface area contributed by atoms with E-state index in [0.717, 1.165) is 12.8 Å². The summed E-state index contributed by atoms with van der Waals surface area (Å²) in [6, 6.07) is 8.77. The first-order valence-corrected chi connectivity index (χ1v) is 10.8. The highest BCUT2D eigenvalue weighted by Crippen LogP contribution is 2.42. The fourth-order valence-corrected chi connectivity index (χ4v) is 4.09. The molecule has 1 aliphatic rings. The van der Waals surface area contributed by atoms with Crippen molar-refractivity contribution in [1.82, 2.24) is 4.90 Å². The topological polar surface area (TPSA) is 57.6 Å². The summed E-state index contributed by atoms with van der Waals surface area (Å²) in [5, 5.41) is 8.87. The summed E-state index contributed by atoms with van der Waals surface area (Å²) in [5.74, 6) is -0.450. The molecule has 0 radical (unpaired) electrons. The summed E-state index contributed by atoms with van der Waals surface area (Å²) >= 11 is 0. The maximum absolute atomic E-state index is 12.8. The Hall–Kier alpha value is -2.10. The molecule has 4 heteroatoms. The summed E-state index contributed by atoms with van der Waals surface area (Å²) in [6.45, 7) is 13.7. The van der Waals surface area contributed by atoms with E-state index >= 15 is 0 Å². The Labute approximate surface area is 176 Å². The molecule has 1 N–H and O–H groups in total. The molecule has 0 aromatic heterocycles. The van der Waals surface area contributed by atoms with Gasteiger partial charge in [0.05, 0.1) is 0 Å². The minimum absolute atomic E-state index is 0.0686. The number of amides is 1. The van der Waals surface area contributed by atoms with Crippen molar-refractivity contribution < 1.29 is 14.7 Å². The van der Waals surface area contributed by atoms with Crippen molar-refractivity contribution in [3.05, 3.63) is 47.2 Å². The number of carboxylic acids is 1. The Morgan fingerprint density at radius 3 is 2.34 bits per heavy atom. The molecule has 1 amide bonds. The van der Waals surface area contributed by atoms with E-state index in [0.29, 0.717) is 30.7 Å². The van der Waals surface area contributed by atoms with E-state index in [-0.39, 0.29) is 17.7 Å². The van der Waals surface area contributed by atoms with Crippen LogP contribution in [-0.2, 0) is 21.4 Å². The first-order chi connectivity index (χ1) is 13.4. The molecule has 1 aromatic carbocycles. The minimum atomic E-state index is -0.820. The Bertz CT molecular complexity index is 755. The second-order valence-electron chi connectivity index (χ2n) is 10.1. The first-order valence-electron chi connectivity index (χ1n) is 10.8. The lowest BCUT2D eigenvalue weighted by Crippen LogP contribution is -2.42. The van der Waals surface area contributed by atoms with Gasteiger partial charge in [-0.25, -0.2) is 0 Å². The maximum Gasteiger partial charge on any atom is 0.303 e. The standard InChI is InChI=1S/C25H37NO3/c1-18(2)21-17-26(15-7-8-23(28)29)22(27)16-25(21,6)20-11-9-19(10-12-20)13-14-24(3,4)5/h9-12,17-18H,7-8,13-16H2,1-6H3,(H,28,29). The number of benzene rings is 1. The third kappa shape index (κ3) is 6.19. The largest absolute Gasteiger partial charge is 0.481 e. The van der Waals surface area contributed by atoms with Gasteiger partial charge in [0.25, 0.3) is 0 Å². The Morgan fingerprint density at radius 1 is 1.21 bits per heavy atom. The highest BCUT2D eigenvalue weighted by atomic mass is 16.4. The van der Waals surface area contributed by atoms with Gasteiger partial charge in [-0.1, -0.05) is 65.8 Å². The van der Waals surface area contributed by atoms with Crippen LogP contribution >= 0.6 is 0 Å². The van der Waals surface area contributed by atoms with Crippen molar-refractivity contribution >= 4 is 11.9 Å². The molecule has 1 heterocycles. The lowest BCUT2D eigenvalue weighted by atomic mass is 9.68. The molecular weight excluding hydrogens is 362 g/mol. The van der Waals surface area contributed by atoms with E-state index in [4.69, 9.17) is 5.11 Å². The van der Waals surface area contributed by atoms with E-state index in [1.165, 1.54) is 16.7 Å². The monoisotopic (exact) mass is 399 g/mol.